The number of benzene rings is 2. The normalized spacial score (nSPS) is 12.7. The Morgan fingerprint density at radius 2 is 1.90 bits per heavy atom. The first kappa shape index (κ1) is 20.0. The van der Waals surface area contributed by atoms with Gasteiger partial charge in [0.25, 0.3) is 11.8 Å². The molecule has 152 valence electrons. The van der Waals surface area contributed by atoms with Gasteiger partial charge in [-0.05, 0) is 36.8 Å². The molecule has 0 radical (unpaired) electrons. The molecule has 3 rings (SSSR count). The molecule has 3 N–H and O–H groups in total. The fraction of sp³-hybridized carbons (Fsp3) is 0.250. The van der Waals surface area contributed by atoms with Gasteiger partial charge in [-0.2, -0.15) is 0 Å². The van der Waals surface area contributed by atoms with Crippen LogP contribution in [0.1, 0.15) is 22.8 Å². The highest BCUT2D eigenvalue weighted by Gasteiger charge is 2.19. The van der Waals surface area contributed by atoms with Gasteiger partial charge in [0.15, 0.2) is 24.2 Å². The van der Waals surface area contributed by atoms with Crippen LogP contribution in [0.25, 0.3) is 0 Å². The minimum atomic E-state index is -1.02. The number of nitrogens with one attached hydrogen (secondary N) is 1. The molecule has 0 unspecified atom stereocenters. The van der Waals surface area contributed by atoms with E-state index in [1.807, 2.05) is 0 Å². The molecule has 1 aliphatic rings. The number of hydrogen-bond donors (Lipinski definition) is 2. The van der Waals surface area contributed by atoms with Crippen LogP contribution in [0.2, 0.25) is 0 Å². The van der Waals surface area contributed by atoms with Gasteiger partial charge in [0, 0.05) is 6.54 Å². The van der Waals surface area contributed by atoms with Crippen LogP contribution in [0, 0.1) is 0 Å². The van der Waals surface area contributed by atoms with E-state index in [4.69, 9.17) is 24.7 Å². The van der Waals surface area contributed by atoms with Crippen LogP contribution in [-0.4, -0.2) is 37.3 Å². The van der Waals surface area contributed by atoms with E-state index in [0.29, 0.717) is 11.5 Å². The number of para-hydroxylation sites is 1. The third kappa shape index (κ3) is 5.16. The molecular formula is C20H20N2O7. The molecule has 0 saturated carbocycles. The molecule has 2 aromatic rings. The Hall–Kier alpha value is -3.75. The Morgan fingerprint density at radius 1 is 1.14 bits per heavy atom. The molecule has 2 aromatic carbocycles. The Bertz CT molecular complexity index is 929. The van der Waals surface area contributed by atoms with Crippen LogP contribution < -0.4 is 25.3 Å². The maximum absolute atomic E-state index is 12.2. The molecule has 0 saturated heterocycles. The zero-order chi connectivity index (χ0) is 20.8. The standard InChI is InChI=1S/C20H20N2O7/c1-12(20(25)22-9-13-6-7-16-17(8-13)28-11-27-16)29-18(23)10-26-15-5-3-2-4-14(15)19(21)24/h2-8,12H,9-11H2,1H3,(H2,21,24)(H,22,25)/t12-/m0/s1. The van der Waals surface area contributed by atoms with Gasteiger partial charge in [0.1, 0.15) is 5.75 Å². The smallest absolute Gasteiger partial charge is 0.344 e. The van der Waals surface area contributed by atoms with Gasteiger partial charge < -0.3 is 30.0 Å². The van der Waals surface area contributed by atoms with Crippen LogP contribution in [0.5, 0.6) is 17.2 Å². The van der Waals surface area contributed by atoms with Crippen molar-refractivity contribution in [2.75, 3.05) is 13.4 Å². The van der Waals surface area contributed by atoms with Crippen molar-refractivity contribution in [2.24, 2.45) is 5.73 Å². The lowest BCUT2D eigenvalue weighted by molar-refractivity contribution is -0.156. The summed E-state index contributed by atoms with van der Waals surface area (Å²) in [6.07, 6.45) is -1.02. The largest absolute Gasteiger partial charge is 0.481 e. The number of amides is 2. The van der Waals surface area contributed by atoms with Gasteiger partial charge >= 0.3 is 5.97 Å². The molecule has 1 heterocycles. The molecule has 0 bridgehead atoms. The molecule has 0 aliphatic carbocycles. The molecule has 2 amide bonds. The van der Waals surface area contributed by atoms with E-state index in [0.717, 1.165) is 5.56 Å². The van der Waals surface area contributed by atoms with Crippen molar-refractivity contribution in [3.8, 4) is 17.2 Å². The minimum absolute atomic E-state index is 0.148. The molecule has 0 aromatic heterocycles. The zero-order valence-corrected chi connectivity index (χ0v) is 15.7. The number of fused-ring (bicyclic) bond motifs is 1. The maximum Gasteiger partial charge on any atom is 0.344 e. The summed E-state index contributed by atoms with van der Waals surface area (Å²) < 4.78 is 20.9. The molecular weight excluding hydrogens is 380 g/mol. The second kappa shape index (κ2) is 8.96. The lowest BCUT2D eigenvalue weighted by Gasteiger charge is -2.14. The van der Waals surface area contributed by atoms with Gasteiger partial charge in [-0.25, -0.2) is 4.79 Å². The Labute approximate surface area is 166 Å². The quantitative estimate of drug-likeness (QED) is 0.636. The third-order valence-electron chi connectivity index (χ3n) is 4.08. The van der Waals surface area contributed by atoms with Crippen LogP contribution in [0.3, 0.4) is 0 Å². The summed E-state index contributed by atoms with van der Waals surface area (Å²) in [6.45, 7) is 1.39. The fourth-order valence-electron chi connectivity index (χ4n) is 2.60. The van der Waals surface area contributed by atoms with E-state index in [1.165, 1.54) is 19.1 Å². The maximum atomic E-state index is 12.2. The number of carbonyl (C=O) groups is 3. The topological polar surface area (TPSA) is 126 Å². The monoisotopic (exact) mass is 400 g/mol. The van der Waals surface area contributed by atoms with Crippen molar-refractivity contribution >= 4 is 17.8 Å². The highest BCUT2D eigenvalue weighted by molar-refractivity contribution is 5.95. The van der Waals surface area contributed by atoms with Gasteiger partial charge in [-0.3, -0.25) is 9.59 Å². The van der Waals surface area contributed by atoms with Crippen LogP contribution in [-0.2, 0) is 20.9 Å². The van der Waals surface area contributed by atoms with Gasteiger partial charge in [0.05, 0.1) is 5.56 Å². The second-order valence-electron chi connectivity index (χ2n) is 6.19. The lowest BCUT2D eigenvalue weighted by atomic mass is 10.2. The SMILES string of the molecule is C[C@H](OC(=O)COc1ccccc1C(N)=O)C(=O)NCc1ccc2c(c1)OCO2. The van der Waals surface area contributed by atoms with E-state index < -0.39 is 30.5 Å². The molecule has 0 spiro atoms. The van der Waals surface area contributed by atoms with E-state index in [9.17, 15) is 14.4 Å². The number of ether oxygens (including phenoxy) is 4. The summed E-state index contributed by atoms with van der Waals surface area (Å²) in [5, 5.41) is 2.68. The first-order valence-electron chi connectivity index (χ1n) is 8.81. The molecule has 1 aliphatic heterocycles. The van der Waals surface area contributed by atoms with Crippen molar-refractivity contribution in [1.29, 1.82) is 0 Å². The van der Waals surface area contributed by atoms with Crippen molar-refractivity contribution in [3.05, 3.63) is 53.6 Å². The van der Waals surface area contributed by atoms with Crippen LogP contribution in [0.15, 0.2) is 42.5 Å². The summed E-state index contributed by atoms with van der Waals surface area (Å²) in [4.78, 5) is 35.4. The predicted octanol–water partition coefficient (Wildman–Crippen LogP) is 1.14. The van der Waals surface area contributed by atoms with Crippen LogP contribution in [0.4, 0.5) is 0 Å². The highest BCUT2D eigenvalue weighted by Crippen LogP contribution is 2.32. The fourth-order valence-corrected chi connectivity index (χ4v) is 2.60. The van der Waals surface area contributed by atoms with E-state index >= 15 is 0 Å². The molecule has 9 heteroatoms. The average Bonchev–Trinajstić information content (AvgIpc) is 3.18. The van der Waals surface area contributed by atoms with Gasteiger partial charge in [-0.15, -0.1) is 0 Å². The Kier molecular flexibility index (Phi) is 6.18. The molecule has 0 fully saturated rings. The summed E-state index contributed by atoms with van der Waals surface area (Å²) in [7, 11) is 0. The number of esters is 1. The number of nitrogens with two attached hydrogens (primary N) is 1. The molecule has 1 atom stereocenters. The number of hydrogen-bond acceptors (Lipinski definition) is 7. The second-order valence-corrected chi connectivity index (χ2v) is 6.19. The van der Waals surface area contributed by atoms with Crippen LogP contribution >= 0.6 is 0 Å². The van der Waals surface area contributed by atoms with Gasteiger partial charge in [0.2, 0.25) is 6.79 Å². The van der Waals surface area contributed by atoms with Crippen molar-refractivity contribution < 1.29 is 33.3 Å². The summed E-state index contributed by atoms with van der Waals surface area (Å²) >= 11 is 0. The molecule has 9 nitrogen and oxygen atoms in total. The Morgan fingerprint density at radius 3 is 2.69 bits per heavy atom. The first-order valence-corrected chi connectivity index (χ1v) is 8.81. The Balaban J connectivity index is 1.45. The summed E-state index contributed by atoms with van der Waals surface area (Å²) in [6, 6.07) is 11.6. The summed E-state index contributed by atoms with van der Waals surface area (Å²) in [5.41, 5.74) is 6.21. The number of rotatable bonds is 8. The third-order valence-corrected chi connectivity index (χ3v) is 4.08. The molecule has 29 heavy (non-hydrogen) atoms. The first-order chi connectivity index (χ1) is 13.9. The van der Waals surface area contributed by atoms with E-state index in [1.54, 1.807) is 30.3 Å². The minimum Gasteiger partial charge on any atom is -0.481 e. The summed E-state index contributed by atoms with van der Waals surface area (Å²) in [5.74, 6) is -0.462. The van der Waals surface area contributed by atoms with Crippen molar-refractivity contribution in [1.82, 2.24) is 5.32 Å². The predicted molar refractivity (Wildman–Crippen MR) is 100 cm³/mol. The average molecular weight is 400 g/mol. The number of primary amides is 1. The van der Waals surface area contributed by atoms with Crippen molar-refractivity contribution in [2.45, 2.75) is 19.6 Å². The van der Waals surface area contributed by atoms with E-state index in [2.05, 4.69) is 5.32 Å². The number of carbonyl (C=O) groups excluding carboxylic acids is 3. The van der Waals surface area contributed by atoms with E-state index in [-0.39, 0.29) is 24.7 Å². The van der Waals surface area contributed by atoms with Crippen molar-refractivity contribution in [3.63, 3.8) is 0 Å². The highest BCUT2D eigenvalue weighted by atomic mass is 16.7. The lowest BCUT2D eigenvalue weighted by Crippen LogP contribution is -2.36. The zero-order valence-electron chi connectivity index (χ0n) is 15.7. The van der Waals surface area contributed by atoms with Gasteiger partial charge in [-0.1, -0.05) is 18.2 Å².